The third-order valence-electron chi connectivity index (χ3n) is 6.81. The number of hydrogen-bond donors (Lipinski definition) is 1. The number of nitrogens with zero attached hydrogens (tertiary/aromatic N) is 3. The molecule has 1 fully saturated rings. The van der Waals surface area contributed by atoms with Crippen molar-refractivity contribution in [3.63, 3.8) is 0 Å². The Morgan fingerprint density at radius 1 is 1.12 bits per heavy atom. The van der Waals surface area contributed by atoms with E-state index in [0.29, 0.717) is 23.3 Å². The fourth-order valence-corrected chi connectivity index (χ4v) is 5.33. The number of aryl methyl sites for hydroxylation is 1. The van der Waals surface area contributed by atoms with Crippen molar-refractivity contribution < 1.29 is 9.47 Å². The van der Waals surface area contributed by atoms with Crippen LogP contribution >= 0.6 is 23.2 Å². The summed E-state index contributed by atoms with van der Waals surface area (Å²) in [4.78, 5) is 12.2. The fraction of sp³-hybridized carbons (Fsp3) is 0.385. The highest BCUT2D eigenvalue weighted by atomic mass is 35.5. The Morgan fingerprint density at radius 2 is 1.88 bits per heavy atom. The number of nitrogens with two attached hydrogens (primary N) is 1. The van der Waals surface area contributed by atoms with Crippen molar-refractivity contribution in [3.8, 4) is 17.0 Å². The van der Waals surface area contributed by atoms with Crippen LogP contribution in [0, 0.1) is 6.92 Å². The second-order valence-electron chi connectivity index (χ2n) is 8.84. The number of anilines is 1. The van der Waals surface area contributed by atoms with Crippen molar-refractivity contribution in [1.82, 2.24) is 9.97 Å². The molecule has 1 spiro atoms. The van der Waals surface area contributed by atoms with Crippen molar-refractivity contribution in [3.05, 3.63) is 69.5 Å². The summed E-state index contributed by atoms with van der Waals surface area (Å²) in [5.74, 6) is 1.74. The van der Waals surface area contributed by atoms with Crippen LogP contribution in [0.1, 0.15) is 42.8 Å². The first kappa shape index (κ1) is 23.4. The van der Waals surface area contributed by atoms with Crippen LogP contribution in [0.25, 0.3) is 11.3 Å². The average molecular weight is 499 g/mol. The van der Waals surface area contributed by atoms with E-state index in [1.165, 1.54) is 0 Å². The molecule has 0 unspecified atom stereocenters. The van der Waals surface area contributed by atoms with Gasteiger partial charge in [-0.1, -0.05) is 53.5 Å². The molecule has 1 aromatic heterocycles. The first-order valence-electron chi connectivity index (χ1n) is 11.6. The topological polar surface area (TPSA) is 73.5 Å². The van der Waals surface area contributed by atoms with Gasteiger partial charge in [0, 0.05) is 43.7 Å². The van der Waals surface area contributed by atoms with Gasteiger partial charge in [0.15, 0.2) is 5.82 Å². The van der Waals surface area contributed by atoms with Gasteiger partial charge in [-0.3, -0.25) is 0 Å². The van der Waals surface area contributed by atoms with Crippen LogP contribution in [0.5, 0.6) is 5.75 Å². The standard InChI is InChI=1S/C26H28Cl2N4O2/c1-3-33-15-20-25(30-16(2)23(31-20)18-8-6-9-19(27)22(18)28)32-13-11-26(12-14-32)24(29)17-7-4-5-10-21(17)34-26/h4-10,24H,3,11-15,29H2,1-2H3/t24-/m1/s1. The lowest BCUT2D eigenvalue weighted by molar-refractivity contribution is 0.0429. The molecule has 3 aromatic rings. The summed E-state index contributed by atoms with van der Waals surface area (Å²) in [5, 5.41) is 0.967. The van der Waals surface area contributed by atoms with E-state index in [1.807, 2.05) is 44.2 Å². The Morgan fingerprint density at radius 3 is 2.62 bits per heavy atom. The summed E-state index contributed by atoms with van der Waals surface area (Å²) in [7, 11) is 0. The zero-order valence-corrected chi connectivity index (χ0v) is 20.9. The predicted octanol–water partition coefficient (Wildman–Crippen LogP) is 5.73. The van der Waals surface area contributed by atoms with E-state index in [4.69, 9.17) is 48.4 Å². The SMILES string of the molecule is CCOCc1nc(-c2cccc(Cl)c2Cl)c(C)nc1N1CCC2(CC1)Oc1ccccc1[C@H]2N. The zero-order chi connectivity index (χ0) is 23.9. The van der Waals surface area contributed by atoms with Gasteiger partial charge in [0.2, 0.25) is 0 Å². The maximum absolute atomic E-state index is 6.66. The van der Waals surface area contributed by atoms with E-state index >= 15 is 0 Å². The maximum Gasteiger partial charge on any atom is 0.153 e. The summed E-state index contributed by atoms with van der Waals surface area (Å²) in [6, 6.07) is 13.5. The molecule has 2 N–H and O–H groups in total. The molecule has 1 saturated heterocycles. The fourth-order valence-electron chi connectivity index (χ4n) is 4.94. The van der Waals surface area contributed by atoms with Crippen LogP contribution < -0.4 is 15.4 Å². The highest BCUT2D eigenvalue weighted by molar-refractivity contribution is 6.43. The third kappa shape index (κ3) is 4.03. The lowest BCUT2D eigenvalue weighted by Crippen LogP contribution is -2.51. The van der Waals surface area contributed by atoms with Crippen LogP contribution in [0.4, 0.5) is 5.82 Å². The van der Waals surface area contributed by atoms with Gasteiger partial charge < -0.3 is 20.1 Å². The normalized spacial score (nSPS) is 18.7. The number of hydrogen-bond acceptors (Lipinski definition) is 6. The minimum absolute atomic E-state index is 0.131. The van der Waals surface area contributed by atoms with Gasteiger partial charge in [0.1, 0.15) is 17.0 Å². The zero-order valence-electron chi connectivity index (χ0n) is 19.4. The van der Waals surface area contributed by atoms with Crippen molar-refractivity contribution in [2.45, 2.75) is 44.9 Å². The molecule has 0 saturated carbocycles. The minimum Gasteiger partial charge on any atom is -0.485 e. The van der Waals surface area contributed by atoms with Gasteiger partial charge in [0.05, 0.1) is 34.1 Å². The van der Waals surface area contributed by atoms with E-state index < -0.39 is 0 Å². The molecule has 6 nitrogen and oxygen atoms in total. The van der Waals surface area contributed by atoms with Crippen LogP contribution in [-0.2, 0) is 11.3 Å². The Kier molecular flexibility index (Phi) is 6.42. The Bertz CT molecular complexity index is 1210. The largest absolute Gasteiger partial charge is 0.485 e. The molecular formula is C26H28Cl2N4O2. The molecule has 34 heavy (non-hydrogen) atoms. The molecule has 2 aliphatic heterocycles. The number of halogens is 2. The maximum atomic E-state index is 6.66. The molecule has 8 heteroatoms. The van der Waals surface area contributed by atoms with Crippen molar-refractivity contribution in [2.75, 3.05) is 24.6 Å². The summed E-state index contributed by atoms with van der Waals surface area (Å²) in [6.45, 7) is 6.42. The van der Waals surface area contributed by atoms with Gasteiger partial charge in [-0.05, 0) is 26.0 Å². The lowest BCUT2D eigenvalue weighted by Gasteiger charge is -2.41. The molecule has 1 atom stereocenters. The van der Waals surface area contributed by atoms with E-state index in [0.717, 1.165) is 65.7 Å². The molecule has 0 aliphatic carbocycles. The second kappa shape index (κ2) is 9.34. The van der Waals surface area contributed by atoms with Crippen molar-refractivity contribution in [2.24, 2.45) is 5.73 Å². The lowest BCUT2D eigenvalue weighted by atomic mass is 9.83. The molecule has 3 heterocycles. The molecule has 2 aliphatic rings. The van der Waals surface area contributed by atoms with Crippen LogP contribution in [-0.4, -0.2) is 35.3 Å². The quantitative estimate of drug-likeness (QED) is 0.484. The number of aromatic nitrogens is 2. The smallest absolute Gasteiger partial charge is 0.153 e. The molecular weight excluding hydrogens is 471 g/mol. The number of rotatable bonds is 5. The first-order valence-corrected chi connectivity index (χ1v) is 12.4. The highest BCUT2D eigenvalue weighted by Crippen LogP contribution is 2.47. The molecule has 0 bridgehead atoms. The van der Waals surface area contributed by atoms with Crippen LogP contribution in [0.15, 0.2) is 42.5 Å². The van der Waals surface area contributed by atoms with Crippen molar-refractivity contribution in [1.29, 1.82) is 0 Å². The van der Waals surface area contributed by atoms with E-state index in [-0.39, 0.29) is 11.6 Å². The van der Waals surface area contributed by atoms with Gasteiger partial charge in [-0.2, -0.15) is 0 Å². The molecule has 2 aromatic carbocycles. The molecule has 0 amide bonds. The number of ether oxygens (including phenoxy) is 2. The van der Waals surface area contributed by atoms with Crippen molar-refractivity contribution >= 4 is 29.0 Å². The Hall–Kier alpha value is -2.38. The summed E-state index contributed by atoms with van der Waals surface area (Å²) in [5.41, 5.74) is 10.4. The average Bonchev–Trinajstić information content (AvgIpc) is 3.12. The number of benzene rings is 2. The molecule has 0 radical (unpaired) electrons. The van der Waals surface area contributed by atoms with E-state index in [9.17, 15) is 0 Å². The molecule has 178 valence electrons. The van der Waals surface area contributed by atoms with Gasteiger partial charge in [-0.25, -0.2) is 9.97 Å². The van der Waals surface area contributed by atoms with Crippen LogP contribution in [0.2, 0.25) is 10.0 Å². The second-order valence-corrected chi connectivity index (χ2v) is 9.62. The van der Waals surface area contributed by atoms with Gasteiger partial charge in [0.25, 0.3) is 0 Å². The number of piperidine rings is 1. The minimum atomic E-state index is -0.378. The van der Waals surface area contributed by atoms with E-state index in [2.05, 4.69) is 11.0 Å². The molecule has 5 rings (SSSR count). The number of para-hydroxylation sites is 1. The summed E-state index contributed by atoms with van der Waals surface area (Å²) >= 11 is 12.8. The van der Waals surface area contributed by atoms with E-state index in [1.54, 1.807) is 6.07 Å². The third-order valence-corrected chi connectivity index (χ3v) is 7.63. The predicted molar refractivity (Wildman–Crippen MR) is 136 cm³/mol. The summed E-state index contributed by atoms with van der Waals surface area (Å²) < 4.78 is 12.2. The Balaban J connectivity index is 1.44. The number of fused-ring (bicyclic) bond motifs is 1. The van der Waals surface area contributed by atoms with Crippen LogP contribution in [0.3, 0.4) is 0 Å². The van der Waals surface area contributed by atoms with Gasteiger partial charge in [-0.15, -0.1) is 0 Å². The first-order chi connectivity index (χ1) is 16.4. The monoisotopic (exact) mass is 498 g/mol. The summed E-state index contributed by atoms with van der Waals surface area (Å²) in [6.07, 6.45) is 1.61. The Labute approximate surface area is 210 Å². The van der Waals surface area contributed by atoms with Gasteiger partial charge >= 0.3 is 0 Å². The highest BCUT2D eigenvalue weighted by Gasteiger charge is 2.48.